The van der Waals surface area contributed by atoms with Gasteiger partial charge in [-0.2, -0.15) is 0 Å². The van der Waals surface area contributed by atoms with Crippen LogP contribution >= 0.6 is 11.6 Å². The van der Waals surface area contributed by atoms with E-state index >= 15 is 0 Å². The first-order valence-corrected chi connectivity index (χ1v) is 5.84. The maximum atomic E-state index is 13.1. The molecule has 1 N–H and O–H groups in total. The SMILES string of the molecule is CCOC(OCC)C(O)c1cc(F)ccc1Cl. The summed E-state index contributed by atoms with van der Waals surface area (Å²) in [7, 11) is 0. The molecular formula is C12H16ClFO3. The molecule has 1 unspecified atom stereocenters. The van der Waals surface area contributed by atoms with E-state index in [1.807, 2.05) is 0 Å². The number of rotatable bonds is 6. The molecule has 96 valence electrons. The molecule has 1 aromatic carbocycles. The third kappa shape index (κ3) is 3.92. The third-order valence-electron chi connectivity index (χ3n) is 2.20. The van der Waals surface area contributed by atoms with Crippen LogP contribution < -0.4 is 0 Å². The van der Waals surface area contributed by atoms with Gasteiger partial charge in [0.1, 0.15) is 11.9 Å². The van der Waals surface area contributed by atoms with E-state index in [0.29, 0.717) is 13.2 Å². The summed E-state index contributed by atoms with van der Waals surface area (Å²) in [4.78, 5) is 0. The molecule has 5 heteroatoms. The molecule has 0 bridgehead atoms. The maximum absolute atomic E-state index is 13.1. The summed E-state index contributed by atoms with van der Waals surface area (Å²) in [5.74, 6) is -0.463. The molecule has 1 rings (SSSR count). The molecule has 0 aliphatic rings. The van der Waals surface area contributed by atoms with Gasteiger partial charge in [0.15, 0.2) is 6.29 Å². The highest BCUT2D eigenvalue weighted by atomic mass is 35.5. The first-order valence-electron chi connectivity index (χ1n) is 5.46. The fraction of sp³-hybridized carbons (Fsp3) is 0.500. The van der Waals surface area contributed by atoms with Gasteiger partial charge < -0.3 is 14.6 Å². The van der Waals surface area contributed by atoms with Gasteiger partial charge in [0, 0.05) is 23.8 Å². The monoisotopic (exact) mass is 262 g/mol. The molecule has 0 spiro atoms. The number of aliphatic hydroxyl groups is 1. The molecule has 0 saturated carbocycles. The molecule has 0 aromatic heterocycles. The number of hydrogen-bond donors (Lipinski definition) is 1. The number of ether oxygens (including phenoxy) is 2. The minimum Gasteiger partial charge on any atom is -0.383 e. The molecule has 1 atom stereocenters. The summed E-state index contributed by atoms with van der Waals surface area (Å²) in [6.45, 7) is 4.33. The van der Waals surface area contributed by atoms with Gasteiger partial charge in [-0.05, 0) is 32.0 Å². The fourth-order valence-electron chi connectivity index (χ4n) is 1.45. The van der Waals surface area contributed by atoms with Crippen LogP contribution in [-0.4, -0.2) is 24.6 Å². The van der Waals surface area contributed by atoms with Crippen molar-refractivity contribution in [3.05, 3.63) is 34.6 Å². The van der Waals surface area contributed by atoms with Crippen LogP contribution in [0.1, 0.15) is 25.5 Å². The van der Waals surface area contributed by atoms with Crippen LogP contribution in [0, 0.1) is 5.82 Å². The predicted molar refractivity (Wildman–Crippen MR) is 63.4 cm³/mol. The number of benzene rings is 1. The van der Waals surface area contributed by atoms with Crippen molar-refractivity contribution in [1.29, 1.82) is 0 Å². The predicted octanol–water partition coefficient (Wildman–Crippen LogP) is 2.91. The molecular weight excluding hydrogens is 247 g/mol. The van der Waals surface area contributed by atoms with Crippen LogP contribution in [0.25, 0.3) is 0 Å². The van der Waals surface area contributed by atoms with Crippen molar-refractivity contribution in [3.8, 4) is 0 Å². The molecule has 0 fully saturated rings. The minimum atomic E-state index is -1.11. The smallest absolute Gasteiger partial charge is 0.187 e. The van der Waals surface area contributed by atoms with Crippen molar-refractivity contribution in [1.82, 2.24) is 0 Å². The van der Waals surface area contributed by atoms with Crippen LogP contribution in [0.2, 0.25) is 5.02 Å². The van der Waals surface area contributed by atoms with Crippen LogP contribution in [0.15, 0.2) is 18.2 Å². The molecule has 0 radical (unpaired) electrons. The normalized spacial score (nSPS) is 13.1. The second-order valence-electron chi connectivity index (χ2n) is 3.39. The summed E-state index contributed by atoms with van der Waals surface area (Å²) in [5.41, 5.74) is 0.263. The Morgan fingerprint density at radius 3 is 2.41 bits per heavy atom. The Kier molecular flexibility index (Phi) is 5.85. The van der Waals surface area contributed by atoms with Crippen molar-refractivity contribution in [2.24, 2.45) is 0 Å². The van der Waals surface area contributed by atoms with Gasteiger partial charge in [-0.1, -0.05) is 11.6 Å². The lowest BCUT2D eigenvalue weighted by molar-refractivity contribution is -0.191. The molecule has 0 heterocycles. The second-order valence-corrected chi connectivity index (χ2v) is 3.80. The Labute approximate surface area is 105 Å². The first kappa shape index (κ1) is 14.4. The van der Waals surface area contributed by atoms with Gasteiger partial charge in [-0.25, -0.2) is 4.39 Å². The molecule has 1 aromatic rings. The van der Waals surface area contributed by atoms with Crippen molar-refractivity contribution in [2.75, 3.05) is 13.2 Å². The molecule has 0 amide bonds. The number of halogens is 2. The van der Waals surface area contributed by atoms with Gasteiger partial charge in [-0.3, -0.25) is 0 Å². The van der Waals surface area contributed by atoms with Crippen LogP contribution in [0.5, 0.6) is 0 Å². The van der Waals surface area contributed by atoms with E-state index in [1.54, 1.807) is 13.8 Å². The van der Waals surface area contributed by atoms with Crippen LogP contribution in [0.3, 0.4) is 0 Å². The second kappa shape index (κ2) is 6.91. The molecule has 0 aliphatic heterocycles. The molecule has 0 aliphatic carbocycles. The van der Waals surface area contributed by atoms with Crippen molar-refractivity contribution in [3.63, 3.8) is 0 Å². The first-order chi connectivity index (χ1) is 8.10. The Hall–Kier alpha value is -0.680. The average Bonchev–Trinajstić information content (AvgIpc) is 2.31. The van der Waals surface area contributed by atoms with Gasteiger partial charge >= 0.3 is 0 Å². The zero-order chi connectivity index (χ0) is 12.8. The third-order valence-corrected chi connectivity index (χ3v) is 2.54. The van der Waals surface area contributed by atoms with E-state index in [1.165, 1.54) is 18.2 Å². The van der Waals surface area contributed by atoms with E-state index < -0.39 is 18.2 Å². The fourth-order valence-corrected chi connectivity index (χ4v) is 1.68. The quantitative estimate of drug-likeness (QED) is 0.801. The lowest BCUT2D eigenvalue weighted by atomic mass is 10.1. The van der Waals surface area contributed by atoms with Crippen molar-refractivity contribution < 1.29 is 19.0 Å². The summed E-state index contributed by atoms with van der Waals surface area (Å²) < 4.78 is 23.6. The summed E-state index contributed by atoms with van der Waals surface area (Å²) in [5, 5.41) is 10.3. The lowest BCUT2D eigenvalue weighted by Gasteiger charge is -2.23. The standard InChI is InChI=1S/C12H16ClFO3/c1-3-16-12(17-4-2)11(15)9-7-8(14)5-6-10(9)13/h5-7,11-12,15H,3-4H2,1-2H3. The number of hydrogen-bond acceptors (Lipinski definition) is 3. The van der Waals surface area contributed by atoms with E-state index in [4.69, 9.17) is 21.1 Å². The Morgan fingerprint density at radius 2 is 1.88 bits per heavy atom. The maximum Gasteiger partial charge on any atom is 0.187 e. The largest absolute Gasteiger partial charge is 0.383 e. The van der Waals surface area contributed by atoms with Crippen molar-refractivity contribution in [2.45, 2.75) is 26.2 Å². The summed E-state index contributed by atoms with van der Waals surface area (Å²) in [6.07, 6.45) is -1.96. The highest BCUT2D eigenvalue weighted by Gasteiger charge is 2.24. The summed E-state index contributed by atoms with van der Waals surface area (Å²) >= 11 is 5.90. The van der Waals surface area contributed by atoms with E-state index in [2.05, 4.69) is 0 Å². The Morgan fingerprint density at radius 1 is 1.29 bits per heavy atom. The Balaban J connectivity index is 2.91. The van der Waals surface area contributed by atoms with Crippen LogP contribution in [-0.2, 0) is 9.47 Å². The average molecular weight is 263 g/mol. The van der Waals surface area contributed by atoms with Gasteiger partial charge in [0.2, 0.25) is 0 Å². The summed E-state index contributed by atoms with van der Waals surface area (Å²) in [6, 6.07) is 3.80. The van der Waals surface area contributed by atoms with Gasteiger partial charge in [0.05, 0.1) is 0 Å². The molecule has 3 nitrogen and oxygen atoms in total. The Bertz CT molecular complexity index is 354. The molecule has 0 saturated heterocycles. The molecule has 17 heavy (non-hydrogen) atoms. The van der Waals surface area contributed by atoms with Gasteiger partial charge in [-0.15, -0.1) is 0 Å². The highest BCUT2D eigenvalue weighted by Crippen LogP contribution is 2.27. The van der Waals surface area contributed by atoms with Crippen molar-refractivity contribution >= 4 is 11.6 Å². The zero-order valence-electron chi connectivity index (χ0n) is 9.82. The van der Waals surface area contributed by atoms with E-state index in [0.717, 1.165) is 0 Å². The highest BCUT2D eigenvalue weighted by molar-refractivity contribution is 6.31. The van der Waals surface area contributed by atoms with E-state index in [9.17, 15) is 9.50 Å². The lowest BCUT2D eigenvalue weighted by Crippen LogP contribution is -2.26. The number of aliphatic hydroxyl groups excluding tert-OH is 1. The zero-order valence-corrected chi connectivity index (χ0v) is 10.6. The topological polar surface area (TPSA) is 38.7 Å². The van der Waals surface area contributed by atoms with Gasteiger partial charge in [0.25, 0.3) is 0 Å². The minimum absolute atomic E-state index is 0.263. The van der Waals surface area contributed by atoms with Crippen LogP contribution in [0.4, 0.5) is 4.39 Å². The van der Waals surface area contributed by atoms with E-state index in [-0.39, 0.29) is 10.6 Å².